The first-order valence-electron chi connectivity index (χ1n) is 5.59. The molecule has 0 atom stereocenters. The number of halogens is 1. The van der Waals surface area contributed by atoms with Gasteiger partial charge in [0.25, 0.3) is 0 Å². The summed E-state index contributed by atoms with van der Waals surface area (Å²) >= 11 is 7.98. The Morgan fingerprint density at radius 1 is 1.40 bits per heavy atom. The third-order valence-electron chi connectivity index (χ3n) is 4.04. The first-order chi connectivity index (χ1) is 7.04. The van der Waals surface area contributed by atoms with E-state index in [9.17, 15) is 0 Å². The van der Waals surface area contributed by atoms with Gasteiger partial charge in [-0.2, -0.15) is 0 Å². The minimum atomic E-state index is 0.0970. The number of hydrogen-bond donors (Lipinski definition) is 1. The molecule has 0 radical (unpaired) electrons. The maximum atomic E-state index is 6.18. The smallest absolute Gasteiger partial charge is 0.0934 e. The summed E-state index contributed by atoms with van der Waals surface area (Å²) in [6.07, 6.45) is 4.04. The summed E-state index contributed by atoms with van der Waals surface area (Å²) in [4.78, 5) is 1.56. The Bertz CT molecular complexity index is 404. The van der Waals surface area contributed by atoms with E-state index in [-0.39, 0.29) is 5.54 Å². The van der Waals surface area contributed by atoms with Crippen molar-refractivity contribution >= 4 is 22.9 Å². The van der Waals surface area contributed by atoms with E-state index in [0.717, 1.165) is 10.9 Å². The van der Waals surface area contributed by atoms with Crippen LogP contribution in [0, 0.1) is 0 Å². The molecule has 1 saturated carbocycles. The monoisotopic (exact) mass is 241 g/mol. The van der Waals surface area contributed by atoms with Crippen molar-refractivity contribution < 1.29 is 0 Å². The molecule has 0 aromatic carbocycles. The molecule has 15 heavy (non-hydrogen) atoms. The van der Waals surface area contributed by atoms with Gasteiger partial charge in [0.05, 0.1) is 4.34 Å². The van der Waals surface area contributed by atoms with Crippen molar-refractivity contribution in [3.63, 3.8) is 0 Å². The summed E-state index contributed by atoms with van der Waals surface area (Å²) in [6.45, 7) is 5.63. The van der Waals surface area contributed by atoms with Crippen LogP contribution in [0.1, 0.15) is 43.6 Å². The predicted molar refractivity (Wildman–Crippen MR) is 65.9 cm³/mol. The molecule has 1 aromatic heterocycles. The molecule has 2 heterocycles. The predicted octanol–water partition coefficient (Wildman–Crippen LogP) is 3.66. The van der Waals surface area contributed by atoms with Crippen molar-refractivity contribution in [2.45, 2.75) is 44.1 Å². The fourth-order valence-electron chi connectivity index (χ4n) is 2.79. The Kier molecular flexibility index (Phi) is 2.02. The highest BCUT2D eigenvalue weighted by molar-refractivity contribution is 7.16. The number of hydrogen-bond acceptors (Lipinski definition) is 2. The van der Waals surface area contributed by atoms with Crippen molar-refractivity contribution in [3.05, 3.63) is 20.8 Å². The Balaban J connectivity index is 2.15. The van der Waals surface area contributed by atoms with Crippen LogP contribution in [0.4, 0.5) is 0 Å². The quantitative estimate of drug-likeness (QED) is 0.731. The van der Waals surface area contributed by atoms with Gasteiger partial charge in [0.2, 0.25) is 0 Å². The van der Waals surface area contributed by atoms with E-state index in [2.05, 4.69) is 25.2 Å². The topological polar surface area (TPSA) is 12.0 Å². The first-order valence-corrected chi connectivity index (χ1v) is 6.78. The minimum Gasteiger partial charge on any atom is -0.307 e. The molecular formula is C12H16ClNS. The lowest BCUT2D eigenvalue weighted by molar-refractivity contribution is 0.187. The highest BCUT2D eigenvalue weighted by Crippen LogP contribution is 2.53. The van der Waals surface area contributed by atoms with Crippen LogP contribution >= 0.6 is 22.9 Å². The summed E-state index contributed by atoms with van der Waals surface area (Å²) < 4.78 is 0.947. The summed E-state index contributed by atoms with van der Waals surface area (Å²) in [6, 6.07) is 2.16. The van der Waals surface area contributed by atoms with Crippen molar-refractivity contribution in [3.8, 4) is 0 Å². The van der Waals surface area contributed by atoms with E-state index in [1.165, 1.54) is 24.8 Å². The van der Waals surface area contributed by atoms with E-state index >= 15 is 0 Å². The SMILES string of the molecule is CC1(C)NCC2(CCC2)c2sc(Cl)cc21. The summed E-state index contributed by atoms with van der Waals surface area (Å²) in [7, 11) is 0. The van der Waals surface area contributed by atoms with Crippen LogP contribution in [0.25, 0.3) is 0 Å². The average molecular weight is 242 g/mol. The Morgan fingerprint density at radius 3 is 2.73 bits per heavy atom. The lowest BCUT2D eigenvalue weighted by Gasteiger charge is -2.49. The maximum absolute atomic E-state index is 6.18. The third-order valence-corrected chi connectivity index (χ3v) is 5.55. The van der Waals surface area contributed by atoms with Gasteiger partial charge in [0.1, 0.15) is 0 Å². The average Bonchev–Trinajstić information content (AvgIpc) is 2.46. The van der Waals surface area contributed by atoms with Crippen LogP contribution < -0.4 is 5.32 Å². The van der Waals surface area contributed by atoms with Gasteiger partial charge in [-0.3, -0.25) is 0 Å². The molecule has 1 nitrogen and oxygen atoms in total. The lowest BCUT2D eigenvalue weighted by Crippen LogP contribution is -2.54. The zero-order valence-corrected chi connectivity index (χ0v) is 10.8. The van der Waals surface area contributed by atoms with Crippen LogP contribution in [0.3, 0.4) is 0 Å². The largest absolute Gasteiger partial charge is 0.307 e. The molecule has 0 saturated heterocycles. The first kappa shape index (κ1) is 10.1. The van der Waals surface area contributed by atoms with Gasteiger partial charge < -0.3 is 5.32 Å². The molecule has 82 valence electrons. The third kappa shape index (κ3) is 1.31. The summed E-state index contributed by atoms with van der Waals surface area (Å²) in [5.41, 5.74) is 1.96. The molecule has 1 fully saturated rings. The molecule has 0 amide bonds. The van der Waals surface area contributed by atoms with Crippen LogP contribution in [-0.4, -0.2) is 6.54 Å². The Labute approximate surface area is 99.8 Å². The summed E-state index contributed by atoms with van der Waals surface area (Å²) in [5, 5.41) is 3.67. The fraction of sp³-hybridized carbons (Fsp3) is 0.667. The van der Waals surface area contributed by atoms with E-state index in [0.29, 0.717) is 5.41 Å². The van der Waals surface area contributed by atoms with Gasteiger partial charge in [-0.1, -0.05) is 18.0 Å². The van der Waals surface area contributed by atoms with E-state index < -0.39 is 0 Å². The number of nitrogens with one attached hydrogen (secondary N) is 1. The van der Waals surface area contributed by atoms with Gasteiger partial charge in [-0.25, -0.2) is 0 Å². The van der Waals surface area contributed by atoms with Crippen LogP contribution in [-0.2, 0) is 11.0 Å². The van der Waals surface area contributed by atoms with E-state index in [1.54, 1.807) is 16.2 Å². The van der Waals surface area contributed by atoms with Crippen molar-refractivity contribution in [1.29, 1.82) is 0 Å². The molecule has 3 rings (SSSR count). The molecule has 0 unspecified atom stereocenters. The molecule has 2 aliphatic rings. The Hall–Kier alpha value is -0.0500. The van der Waals surface area contributed by atoms with Crippen molar-refractivity contribution in [2.24, 2.45) is 0 Å². The maximum Gasteiger partial charge on any atom is 0.0934 e. The van der Waals surface area contributed by atoms with Gasteiger partial charge in [0, 0.05) is 22.4 Å². The lowest BCUT2D eigenvalue weighted by atomic mass is 9.63. The van der Waals surface area contributed by atoms with Crippen molar-refractivity contribution in [2.75, 3.05) is 6.54 Å². The molecule has 3 heteroatoms. The van der Waals surface area contributed by atoms with Crippen LogP contribution in [0.15, 0.2) is 6.07 Å². The van der Waals surface area contributed by atoms with E-state index in [1.807, 2.05) is 0 Å². The van der Waals surface area contributed by atoms with Crippen molar-refractivity contribution in [1.82, 2.24) is 5.32 Å². The number of rotatable bonds is 0. The number of fused-ring (bicyclic) bond motifs is 2. The van der Waals surface area contributed by atoms with Gasteiger partial charge in [-0.15, -0.1) is 11.3 Å². The fourth-order valence-corrected chi connectivity index (χ4v) is 4.42. The second kappa shape index (κ2) is 2.99. The van der Waals surface area contributed by atoms with Crippen LogP contribution in [0.5, 0.6) is 0 Å². The molecular weight excluding hydrogens is 226 g/mol. The highest BCUT2D eigenvalue weighted by atomic mass is 35.5. The second-order valence-corrected chi connectivity index (χ2v) is 7.09. The van der Waals surface area contributed by atoms with Crippen LogP contribution in [0.2, 0.25) is 4.34 Å². The highest BCUT2D eigenvalue weighted by Gasteiger charge is 2.47. The molecule has 1 aromatic rings. The molecule has 1 spiro atoms. The normalized spacial score (nSPS) is 26.1. The van der Waals surface area contributed by atoms with Gasteiger partial charge in [-0.05, 0) is 38.3 Å². The summed E-state index contributed by atoms with van der Waals surface area (Å²) in [5.74, 6) is 0. The standard InChI is InChI=1S/C12H16ClNS/c1-11(2)8-6-9(13)15-10(8)12(7-14-11)4-3-5-12/h6,14H,3-5,7H2,1-2H3. The zero-order valence-electron chi connectivity index (χ0n) is 9.19. The second-order valence-electron chi connectivity index (χ2n) is 5.41. The molecule has 1 aliphatic carbocycles. The molecule has 1 aliphatic heterocycles. The van der Waals surface area contributed by atoms with Gasteiger partial charge in [0.15, 0.2) is 0 Å². The molecule has 0 bridgehead atoms. The Morgan fingerprint density at radius 2 is 2.13 bits per heavy atom. The van der Waals surface area contributed by atoms with Gasteiger partial charge >= 0.3 is 0 Å². The zero-order chi connectivity index (χ0) is 10.7. The van der Waals surface area contributed by atoms with E-state index in [4.69, 9.17) is 11.6 Å². The number of thiophene rings is 1. The molecule has 1 N–H and O–H groups in total. The minimum absolute atomic E-state index is 0.0970.